The lowest BCUT2D eigenvalue weighted by atomic mass is 9.52. The molecule has 11 atom stereocenters. The van der Waals surface area contributed by atoms with Gasteiger partial charge in [0.15, 0.2) is 11.7 Å². The lowest BCUT2D eigenvalue weighted by molar-refractivity contribution is -0.253. The third-order valence-corrected chi connectivity index (χ3v) is 9.09. The summed E-state index contributed by atoms with van der Waals surface area (Å²) in [5.41, 5.74) is -3.00. The van der Waals surface area contributed by atoms with Crippen LogP contribution in [0.2, 0.25) is 0 Å². The third kappa shape index (κ3) is 5.00. The molecular formula is C26H37ClO10. The van der Waals surface area contributed by atoms with E-state index in [-0.39, 0.29) is 19.3 Å². The van der Waals surface area contributed by atoms with Gasteiger partial charge in [-0.05, 0) is 25.7 Å². The van der Waals surface area contributed by atoms with Gasteiger partial charge in [-0.1, -0.05) is 26.0 Å². The smallest absolute Gasteiger partial charge is 0.312 e. The van der Waals surface area contributed by atoms with Gasteiger partial charge in [0, 0.05) is 38.5 Å². The van der Waals surface area contributed by atoms with Crippen molar-refractivity contribution in [3.8, 4) is 0 Å². The van der Waals surface area contributed by atoms with Crippen molar-refractivity contribution in [1.82, 2.24) is 0 Å². The Morgan fingerprint density at radius 3 is 2.14 bits per heavy atom. The van der Waals surface area contributed by atoms with Crippen molar-refractivity contribution in [3.63, 3.8) is 0 Å². The molecule has 2 saturated carbocycles. The maximum Gasteiger partial charge on any atom is 0.312 e. The van der Waals surface area contributed by atoms with Gasteiger partial charge >= 0.3 is 23.9 Å². The predicted octanol–water partition coefficient (Wildman–Crippen LogP) is 2.05. The van der Waals surface area contributed by atoms with Gasteiger partial charge in [-0.15, -0.1) is 11.6 Å². The highest BCUT2D eigenvalue weighted by atomic mass is 35.5. The summed E-state index contributed by atoms with van der Waals surface area (Å²) >= 11 is 6.72. The van der Waals surface area contributed by atoms with Crippen molar-refractivity contribution < 1.29 is 48.3 Å². The van der Waals surface area contributed by atoms with Crippen LogP contribution < -0.4 is 0 Å². The number of esters is 4. The van der Waals surface area contributed by atoms with Crippen LogP contribution in [0.4, 0.5) is 0 Å². The van der Waals surface area contributed by atoms with Crippen molar-refractivity contribution in [2.24, 2.45) is 23.2 Å². The first-order chi connectivity index (χ1) is 17.1. The molecule has 208 valence electrons. The van der Waals surface area contributed by atoms with Crippen LogP contribution in [0.25, 0.3) is 0 Å². The number of aliphatic hydroxyl groups is 2. The maximum absolute atomic E-state index is 12.8. The molecule has 0 bridgehead atoms. The van der Waals surface area contributed by atoms with Crippen molar-refractivity contribution in [1.29, 1.82) is 0 Å². The minimum Gasteiger partial charge on any atom is -0.462 e. The molecule has 1 heterocycles. The van der Waals surface area contributed by atoms with E-state index in [1.165, 1.54) is 20.8 Å². The first kappa shape index (κ1) is 29.4. The fourth-order valence-electron chi connectivity index (χ4n) is 6.57. The highest BCUT2D eigenvalue weighted by Gasteiger charge is 2.70. The SMILES string of the molecule is C=C1CC[C@H](OC(C)=O)[C@]2(C)[C@H]([C@@H](C)[C@H](O)C[C@H]2OC(C)=O)[C@H](OC(C)=O)[C@]2(O)[C@@H](C)C(=O)O[C@H]2[C@H]1Cl. The molecule has 2 N–H and O–H groups in total. The van der Waals surface area contributed by atoms with Gasteiger partial charge in [-0.2, -0.15) is 0 Å². The van der Waals surface area contributed by atoms with E-state index < -0.39 is 88.5 Å². The molecule has 0 spiro atoms. The number of fused-ring (bicyclic) bond motifs is 2. The van der Waals surface area contributed by atoms with Crippen LogP contribution in [-0.4, -0.2) is 75.6 Å². The van der Waals surface area contributed by atoms with E-state index in [0.717, 1.165) is 6.92 Å². The first-order valence-corrected chi connectivity index (χ1v) is 12.9. The number of carbonyl (C=O) groups is 4. The summed E-state index contributed by atoms with van der Waals surface area (Å²) in [5.74, 6) is -5.51. The fraction of sp³-hybridized carbons (Fsp3) is 0.769. The third-order valence-electron chi connectivity index (χ3n) is 8.56. The average molecular weight is 545 g/mol. The average Bonchev–Trinajstić information content (AvgIpc) is 3.02. The van der Waals surface area contributed by atoms with Crippen LogP contribution in [0.15, 0.2) is 12.2 Å². The summed E-state index contributed by atoms with van der Waals surface area (Å²) in [5, 5.41) is 22.4. The highest BCUT2D eigenvalue weighted by Crippen LogP contribution is 2.57. The first-order valence-electron chi connectivity index (χ1n) is 12.5. The number of hydrogen-bond donors (Lipinski definition) is 2. The van der Waals surface area contributed by atoms with Gasteiger partial charge in [0.25, 0.3) is 0 Å². The molecule has 0 radical (unpaired) electrons. The molecule has 10 nitrogen and oxygen atoms in total. The molecule has 3 rings (SSSR count). The van der Waals surface area contributed by atoms with Crippen LogP contribution >= 0.6 is 11.6 Å². The second-order valence-corrected chi connectivity index (χ2v) is 11.3. The van der Waals surface area contributed by atoms with Gasteiger partial charge in [-0.25, -0.2) is 0 Å². The van der Waals surface area contributed by atoms with Gasteiger partial charge in [0.1, 0.15) is 18.3 Å². The zero-order valence-corrected chi connectivity index (χ0v) is 22.8. The number of ether oxygens (including phenoxy) is 4. The van der Waals surface area contributed by atoms with Crippen molar-refractivity contribution >= 4 is 35.5 Å². The Hall–Kier alpha value is -2.17. The van der Waals surface area contributed by atoms with Gasteiger partial charge in [0.2, 0.25) is 0 Å². The highest BCUT2D eigenvalue weighted by molar-refractivity contribution is 6.23. The molecular weight excluding hydrogens is 508 g/mol. The fourth-order valence-corrected chi connectivity index (χ4v) is 6.93. The molecule has 0 unspecified atom stereocenters. The van der Waals surface area contributed by atoms with E-state index in [2.05, 4.69) is 6.58 Å². The largest absolute Gasteiger partial charge is 0.462 e. The van der Waals surface area contributed by atoms with E-state index in [1.807, 2.05) is 0 Å². The van der Waals surface area contributed by atoms with E-state index in [4.69, 9.17) is 30.5 Å². The Morgan fingerprint density at radius 2 is 1.59 bits per heavy atom. The molecule has 0 amide bonds. The summed E-state index contributed by atoms with van der Waals surface area (Å²) in [6, 6.07) is 0. The number of halogens is 1. The minimum absolute atomic E-state index is 0.0181. The Bertz CT molecular complexity index is 967. The molecule has 11 heteroatoms. The van der Waals surface area contributed by atoms with Crippen LogP contribution in [0.5, 0.6) is 0 Å². The molecule has 3 aliphatic rings. The molecule has 0 aromatic rings. The topological polar surface area (TPSA) is 146 Å². The lowest BCUT2D eigenvalue weighted by Gasteiger charge is -2.58. The normalized spacial score (nSPS) is 44.1. The Balaban J connectivity index is 2.37. The van der Waals surface area contributed by atoms with Crippen LogP contribution in [0.1, 0.15) is 60.8 Å². The summed E-state index contributed by atoms with van der Waals surface area (Å²) in [6.07, 6.45) is -5.27. The van der Waals surface area contributed by atoms with Crippen LogP contribution in [0, 0.1) is 23.2 Å². The quantitative estimate of drug-likeness (QED) is 0.234. The molecule has 0 aromatic heterocycles. The number of rotatable bonds is 3. The van der Waals surface area contributed by atoms with Gasteiger partial charge < -0.3 is 29.2 Å². The van der Waals surface area contributed by atoms with Crippen LogP contribution in [0.3, 0.4) is 0 Å². The zero-order chi connectivity index (χ0) is 28.0. The predicted molar refractivity (Wildman–Crippen MR) is 130 cm³/mol. The van der Waals surface area contributed by atoms with Gasteiger partial charge in [-0.3, -0.25) is 19.2 Å². The number of alkyl halides is 1. The molecule has 0 aromatic carbocycles. The summed E-state index contributed by atoms with van der Waals surface area (Å²) in [4.78, 5) is 49.8. The zero-order valence-electron chi connectivity index (χ0n) is 22.1. The van der Waals surface area contributed by atoms with Crippen LogP contribution in [-0.2, 0) is 38.1 Å². The molecule has 3 fully saturated rings. The minimum atomic E-state index is -2.14. The van der Waals surface area contributed by atoms with Crippen molar-refractivity contribution in [2.75, 3.05) is 0 Å². The standard InChI is InChI=1S/C26H37ClO10/c1-11-8-9-18(34-14(4)28)25(7)19(35-15(5)29)10-17(31)12(2)20(25)22(36-16(6)30)26(33)13(3)24(32)37-23(26)21(11)27/h12-13,17-23,31,33H,1,8-10H2,2-7H3/t12-,13-,17+,18-,19+,20+,21-,22-,23-,25-,26+/m0/s1. The summed E-state index contributed by atoms with van der Waals surface area (Å²) in [6.45, 7) is 12.5. The van der Waals surface area contributed by atoms with E-state index >= 15 is 0 Å². The van der Waals surface area contributed by atoms with Crippen molar-refractivity contribution in [2.45, 2.75) is 102 Å². The second-order valence-electron chi connectivity index (χ2n) is 10.8. The number of carbonyl (C=O) groups excluding carboxylic acids is 4. The monoisotopic (exact) mass is 544 g/mol. The van der Waals surface area contributed by atoms with Gasteiger partial charge in [0.05, 0.1) is 17.4 Å². The summed E-state index contributed by atoms with van der Waals surface area (Å²) in [7, 11) is 0. The molecule has 37 heavy (non-hydrogen) atoms. The lowest BCUT2D eigenvalue weighted by Crippen LogP contribution is -2.69. The molecule has 2 aliphatic carbocycles. The van der Waals surface area contributed by atoms with Crippen molar-refractivity contribution in [3.05, 3.63) is 12.2 Å². The maximum atomic E-state index is 12.8. The Morgan fingerprint density at radius 1 is 1.05 bits per heavy atom. The summed E-state index contributed by atoms with van der Waals surface area (Å²) < 4.78 is 22.9. The van der Waals surface area contributed by atoms with E-state index in [1.54, 1.807) is 13.8 Å². The molecule has 1 saturated heterocycles. The molecule has 1 aliphatic heterocycles. The Kier molecular flexibility index (Phi) is 8.37. The van der Waals surface area contributed by atoms with E-state index in [9.17, 15) is 29.4 Å². The second kappa shape index (κ2) is 10.5. The number of hydrogen-bond acceptors (Lipinski definition) is 10. The Labute approximate surface area is 221 Å². The van der Waals surface area contributed by atoms with E-state index in [0.29, 0.717) is 5.57 Å². The number of aliphatic hydroxyl groups excluding tert-OH is 1.